The highest BCUT2D eigenvalue weighted by Gasteiger charge is 2.20. The molecule has 0 bridgehead atoms. The first-order valence-corrected chi connectivity index (χ1v) is 11.8. The fourth-order valence-corrected chi connectivity index (χ4v) is 4.15. The Bertz CT molecular complexity index is 1150. The molecule has 1 fully saturated rings. The van der Waals surface area contributed by atoms with Crippen LogP contribution in [0.4, 0.5) is 0 Å². The van der Waals surface area contributed by atoms with Crippen molar-refractivity contribution in [2.75, 3.05) is 26.3 Å². The van der Waals surface area contributed by atoms with Crippen LogP contribution in [0, 0.1) is 0 Å². The maximum absolute atomic E-state index is 12.8. The van der Waals surface area contributed by atoms with Crippen LogP contribution in [-0.2, 0) is 24.2 Å². The molecule has 1 saturated heterocycles. The number of morpholine rings is 1. The first kappa shape index (κ1) is 24.3. The van der Waals surface area contributed by atoms with Gasteiger partial charge in [0.25, 0.3) is 5.91 Å². The molecule has 8 nitrogen and oxygen atoms in total. The van der Waals surface area contributed by atoms with Gasteiger partial charge < -0.3 is 20.3 Å². The number of rotatable bonds is 8. The minimum atomic E-state index is -0.508. The lowest BCUT2D eigenvalue weighted by Crippen LogP contribution is -2.35. The summed E-state index contributed by atoms with van der Waals surface area (Å²) in [5, 5.41) is 33.0. The third-order valence-corrected chi connectivity index (χ3v) is 6.15. The molecule has 2 aromatic carbocycles. The van der Waals surface area contributed by atoms with Crippen molar-refractivity contribution in [3.05, 3.63) is 63.8 Å². The van der Waals surface area contributed by atoms with E-state index in [0.717, 1.165) is 29.8 Å². The van der Waals surface area contributed by atoms with E-state index in [1.165, 1.54) is 0 Å². The molecular formula is C25H29ClN4O4. The summed E-state index contributed by atoms with van der Waals surface area (Å²) in [6.07, 6.45) is 0.681. The summed E-state index contributed by atoms with van der Waals surface area (Å²) in [5.74, 6) is -0.702. The van der Waals surface area contributed by atoms with Crippen LogP contribution in [0.1, 0.15) is 40.5 Å². The predicted octanol–water partition coefficient (Wildman–Crippen LogP) is 3.06. The number of aliphatic hydroxyl groups is 1. The second-order valence-corrected chi connectivity index (χ2v) is 9.07. The molecule has 180 valence electrons. The van der Waals surface area contributed by atoms with Gasteiger partial charge in [-0.05, 0) is 54.7 Å². The zero-order valence-electron chi connectivity index (χ0n) is 19.1. The number of aromatic hydroxyl groups is 1. The summed E-state index contributed by atoms with van der Waals surface area (Å²) < 4.78 is 5.44. The summed E-state index contributed by atoms with van der Waals surface area (Å²) in [6, 6.07) is 11.1. The van der Waals surface area contributed by atoms with Crippen molar-refractivity contribution in [3.63, 3.8) is 0 Å². The Kier molecular flexibility index (Phi) is 7.95. The second kappa shape index (κ2) is 11.1. The van der Waals surface area contributed by atoms with Crippen LogP contribution in [0.2, 0.25) is 5.02 Å². The molecule has 2 heterocycles. The molecule has 1 aliphatic heterocycles. The van der Waals surface area contributed by atoms with E-state index in [9.17, 15) is 15.0 Å². The van der Waals surface area contributed by atoms with E-state index in [1.54, 1.807) is 19.1 Å². The van der Waals surface area contributed by atoms with Gasteiger partial charge >= 0.3 is 0 Å². The molecule has 0 unspecified atom stereocenters. The molecule has 0 saturated carbocycles. The topological polar surface area (TPSA) is 108 Å². The second-order valence-electron chi connectivity index (χ2n) is 8.63. The number of halogens is 1. The van der Waals surface area contributed by atoms with Crippen molar-refractivity contribution in [3.8, 4) is 5.75 Å². The number of ether oxygens (including phenoxy) is 1. The lowest BCUT2D eigenvalue weighted by Gasteiger charge is -2.27. The number of nitrogens with zero attached hydrogens (tertiary/aromatic N) is 3. The Labute approximate surface area is 203 Å². The van der Waals surface area contributed by atoms with Crippen molar-refractivity contribution < 1.29 is 19.7 Å². The van der Waals surface area contributed by atoms with Gasteiger partial charge in [0.1, 0.15) is 0 Å². The Morgan fingerprint density at radius 1 is 1.18 bits per heavy atom. The highest BCUT2D eigenvalue weighted by molar-refractivity contribution is 6.30. The number of aliphatic hydroxyl groups excluding tert-OH is 1. The Hall–Kier alpha value is -2.78. The number of aromatic nitrogens is 2. The number of hydrogen-bond donors (Lipinski definition) is 3. The molecule has 1 aromatic heterocycles. The van der Waals surface area contributed by atoms with Gasteiger partial charge in [0.2, 0.25) is 0 Å². The molecule has 0 aliphatic carbocycles. The molecule has 4 rings (SSSR count). The van der Waals surface area contributed by atoms with Crippen molar-refractivity contribution in [1.82, 2.24) is 20.4 Å². The van der Waals surface area contributed by atoms with Gasteiger partial charge in [-0.2, -0.15) is 0 Å². The number of carbonyl (C=O) groups is 1. The normalized spacial score (nSPS) is 15.4. The SMILES string of the molecule is C[C@@H](O)CCc1cc(CN2CCOCC2)cc2c(O)c(C(=O)NCc3ccc(Cl)cc3)nnc12. The standard InChI is InChI=1S/C25H29ClN4O4/c1-16(31)2-5-19-12-18(15-30-8-10-34-11-9-30)13-21-22(19)28-29-23(24(21)32)25(33)27-14-17-3-6-20(26)7-4-17/h3-4,6-7,12-13,16,31H,2,5,8-11,14-15H2,1H3,(H,27,33)(H,28,32)/t16-/m1/s1. The van der Waals surface area contributed by atoms with Crippen LogP contribution in [0.15, 0.2) is 36.4 Å². The van der Waals surface area contributed by atoms with E-state index in [2.05, 4.69) is 26.5 Å². The minimum Gasteiger partial charge on any atom is -0.505 e. The Morgan fingerprint density at radius 3 is 2.62 bits per heavy atom. The Morgan fingerprint density at radius 2 is 1.91 bits per heavy atom. The van der Waals surface area contributed by atoms with Crippen LogP contribution in [-0.4, -0.2) is 63.6 Å². The number of amides is 1. The van der Waals surface area contributed by atoms with Crippen molar-refractivity contribution >= 4 is 28.4 Å². The van der Waals surface area contributed by atoms with Crippen molar-refractivity contribution in [1.29, 1.82) is 0 Å². The number of hydrogen-bond acceptors (Lipinski definition) is 7. The van der Waals surface area contributed by atoms with Gasteiger partial charge in [0.15, 0.2) is 11.4 Å². The van der Waals surface area contributed by atoms with Crippen molar-refractivity contribution in [2.24, 2.45) is 0 Å². The molecule has 9 heteroatoms. The zero-order valence-corrected chi connectivity index (χ0v) is 19.9. The molecule has 3 N–H and O–H groups in total. The zero-order chi connectivity index (χ0) is 24.1. The minimum absolute atomic E-state index is 0.119. The predicted molar refractivity (Wildman–Crippen MR) is 130 cm³/mol. The van der Waals surface area contributed by atoms with E-state index < -0.39 is 12.0 Å². The molecule has 0 spiro atoms. The first-order valence-electron chi connectivity index (χ1n) is 11.4. The van der Waals surface area contributed by atoms with Gasteiger partial charge in [-0.15, -0.1) is 10.2 Å². The summed E-state index contributed by atoms with van der Waals surface area (Å²) in [4.78, 5) is 15.1. The largest absolute Gasteiger partial charge is 0.505 e. The average Bonchev–Trinajstić information content (AvgIpc) is 2.83. The third kappa shape index (κ3) is 6.01. The van der Waals surface area contributed by atoms with Gasteiger partial charge in [0, 0.05) is 36.6 Å². The number of benzene rings is 2. The first-order chi connectivity index (χ1) is 16.4. The van der Waals surface area contributed by atoms with E-state index in [1.807, 2.05) is 18.2 Å². The summed E-state index contributed by atoms with van der Waals surface area (Å²) in [6.45, 7) is 5.76. The van der Waals surface area contributed by atoms with Crippen LogP contribution < -0.4 is 5.32 Å². The lowest BCUT2D eigenvalue weighted by atomic mass is 9.99. The monoisotopic (exact) mass is 484 g/mol. The fourth-order valence-electron chi connectivity index (χ4n) is 4.02. The maximum atomic E-state index is 12.8. The van der Waals surface area contributed by atoms with E-state index in [4.69, 9.17) is 16.3 Å². The average molecular weight is 485 g/mol. The van der Waals surface area contributed by atoms with Gasteiger partial charge in [0.05, 0.1) is 24.8 Å². The molecule has 0 radical (unpaired) electrons. The molecule has 3 aromatic rings. The number of aryl methyl sites for hydroxylation is 1. The number of fused-ring (bicyclic) bond motifs is 1. The molecule has 1 atom stereocenters. The molecule has 1 amide bonds. The smallest absolute Gasteiger partial charge is 0.275 e. The maximum Gasteiger partial charge on any atom is 0.275 e. The van der Waals surface area contributed by atoms with E-state index in [0.29, 0.717) is 48.5 Å². The van der Waals surface area contributed by atoms with Crippen LogP contribution in [0.5, 0.6) is 5.75 Å². The van der Waals surface area contributed by atoms with E-state index >= 15 is 0 Å². The van der Waals surface area contributed by atoms with Gasteiger partial charge in [-0.3, -0.25) is 9.69 Å². The number of carbonyl (C=O) groups excluding carboxylic acids is 1. The molecule has 1 aliphatic rings. The number of nitrogens with one attached hydrogen (secondary N) is 1. The summed E-state index contributed by atoms with van der Waals surface area (Å²) >= 11 is 5.91. The van der Waals surface area contributed by atoms with E-state index in [-0.39, 0.29) is 18.0 Å². The highest BCUT2D eigenvalue weighted by Crippen LogP contribution is 2.30. The van der Waals surface area contributed by atoms with Gasteiger partial charge in [-0.25, -0.2) is 0 Å². The van der Waals surface area contributed by atoms with Crippen LogP contribution >= 0.6 is 11.6 Å². The third-order valence-electron chi connectivity index (χ3n) is 5.90. The highest BCUT2D eigenvalue weighted by atomic mass is 35.5. The van der Waals surface area contributed by atoms with Crippen LogP contribution in [0.25, 0.3) is 10.9 Å². The van der Waals surface area contributed by atoms with Gasteiger partial charge in [-0.1, -0.05) is 29.8 Å². The summed E-state index contributed by atoms with van der Waals surface area (Å²) in [5.41, 5.74) is 3.19. The van der Waals surface area contributed by atoms with Crippen molar-refractivity contribution in [2.45, 2.75) is 39.0 Å². The Balaban J connectivity index is 1.62. The lowest BCUT2D eigenvalue weighted by molar-refractivity contribution is 0.0342. The molecule has 34 heavy (non-hydrogen) atoms. The molecular weight excluding hydrogens is 456 g/mol. The summed E-state index contributed by atoms with van der Waals surface area (Å²) in [7, 11) is 0. The van der Waals surface area contributed by atoms with Crippen LogP contribution in [0.3, 0.4) is 0 Å². The quantitative estimate of drug-likeness (QED) is 0.451. The fraction of sp³-hybridized carbons (Fsp3) is 0.400.